The van der Waals surface area contributed by atoms with E-state index >= 15 is 0 Å². The SMILES string of the molecule is CC(C)c1noc([C@@H](C)N2CCNCC2)n1. The van der Waals surface area contributed by atoms with E-state index in [-0.39, 0.29) is 6.04 Å². The van der Waals surface area contributed by atoms with Gasteiger partial charge in [-0.2, -0.15) is 4.98 Å². The number of hydrogen-bond donors (Lipinski definition) is 1. The Balaban J connectivity index is 2.04. The highest BCUT2D eigenvalue weighted by atomic mass is 16.5. The molecule has 2 heterocycles. The van der Waals surface area contributed by atoms with Crippen LogP contribution in [0.15, 0.2) is 4.52 Å². The van der Waals surface area contributed by atoms with Gasteiger partial charge < -0.3 is 9.84 Å². The summed E-state index contributed by atoms with van der Waals surface area (Å²) in [5, 5.41) is 7.34. The van der Waals surface area contributed by atoms with Gasteiger partial charge in [-0.1, -0.05) is 19.0 Å². The highest BCUT2D eigenvalue weighted by molar-refractivity contribution is 4.96. The highest BCUT2D eigenvalue weighted by Crippen LogP contribution is 2.20. The molecule has 1 N–H and O–H groups in total. The van der Waals surface area contributed by atoms with Crippen LogP contribution in [0.25, 0.3) is 0 Å². The third-order valence-corrected chi connectivity index (χ3v) is 3.03. The summed E-state index contributed by atoms with van der Waals surface area (Å²) in [6.45, 7) is 10.4. The molecule has 0 radical (unpaired) electrons. The number of nitrogens with one attached hydrogen (secondary N) is 1. The van der Waals surface area contributed by atoms with Gasteiger partial charge in [-0.05, 0) is 6.92 Å². The second-order valence-corrected chi connectivity index (χ2v) is 4.61. The van der Waals surface area contributed by atoms with Crippen LogP contribution >= 0.6 is 0 Å². The summed E-state index contributed by atoms with van der Waals surface area (Å²) in [5.41, 5.74) is 0. The Morgan fingerprint density at radius 2 is 1.94 bits per heavy atom. The minimum Gasteiger partial charge on any atom is -0.338 e. The van der Waals surface area contributed by atoms with E-state index in [1.807, 2.05) is 0 Å². The van der Waals surface area contributed by atoms with Crippen molar-refractivity contribution in [3.05, 3.63) is 11.7 Å². The molecule has 1 saturated heterocycles. The second kappa shape index (κ2) is 4.93. The molecule has 5 heteroatoms. The molecule has 90 valence electrons. The first-order valence-electron chi connectivity index (χ1n) is 5.96. The maximum atomic E-state index is 5.32. The molecular weight excluding hydrogens is 204 g/mol. The van der Waals surface area contributed by atoms with Crippen molar-refractivity contribution in [1.29, 1.82) is 0 Å². The van der Waals surface area contributed by atoms with Gasteiger partial charge in [0.25, 0.3) is 0 Å². The fourth-order valence-corrected chi connectivity index (χ4v) is 1.88. The molecule has 1 aromatic heterocycles. The average molecular weight is 224 g/mol. The average Bonchev–Trinajstić information content (AvgIpc) is 2.78. The molecule has 16 heavy (non-hydrogen) atoms. The fourth-order valence-electron chi connectivity index (χ4n) is 1.88. The first-order chi connectivity index (χ1) is 7.68. The van der Waals surface area contributed by atoms with Crippen molar-refractivity contribution in [2.45, 2.75) is 32.7 Å². The lowest BCUT2D eigenvalue weighted by Gasteiger charge is -2.30. The lowest BCUT2D eigenvalue weighted by Crippen LogP contribution is -2.44. The van der Waals surface area contributed by atoms with Crippen LogP contribution in [-0.2, 0) is 0 Å². The Bertz CT molecular complexity index is 330. The lowest BCUT2D eigenvalue weighted by atomic mass is 10.2. The van der Waals surface area contributed by atoms with Crippen LogP contribution in [0.3, 0.4) is 0 Å². The molecule has 1 aliphatic rings. The van der Waals surface area contributed by atoms with Crippen LogP contribution in [0.4, 0.5) is 0 Å². The Morgan fingerprint density at radius 3 is 2.50 bits per heavy atom. The van der Waals surface area contributed by atoms with Crippen LogP contribution in [0.5, 0.6) is 0 Å². The van der Waals surface area contributed by atoms with E-state index in [9.17, 15) is 0 Å². The van der Waals surface area contributed by atoms with Crippen molar-refractivity contribution in [3.8, 4) is 0 Å². The van der Waals surface area contributed by atoms with Gasteiger partial charge in [-0.25, -0.2) is 0 Å². The Hall–Kier alpha value is -0.940. The van der Waals surface area contributed by atoms with E-state index in [4.69, 9.17) is 4.52 Å². The summed E-state index contributed by atoms with van der Waals surface area (Å²) in [5.74, 6) is 1.87. The first-order valence-corrected chi connectivity index (χ1v) is 5.96. The predicted octanol–water partition coefficient (Wildman–Crippen LogP) is 1.16. The van der Waals surface area contributed by atoms with Crippen LogP contribution in [0, 0.1) is 0 Å². The van der Waals surface area contributed by atoms with E-state index in [2.05, 4.69) is 41.1 Å². The van der Waals surface area contributed by atoms with Crippen molar-refractivity contribution in [1.82, 2.24) is 20.4 Å². The summed E-state index contributed by atoms with van der Waals surface area (Å²) < 4.78 is 5.32. The zero-order valence-corrected chi connectivity index (χ0v) is 10.2. The van der Waals surface area contributed by atoms with Gasteiger partial charge in [0.15, 0.2) is 5.82 Å². The van der Waals surface area contributed by atoms with Gasteiger partial charge in [0.05, 0.1) is 6.04 Å². The predicted molar refractivity (Wildman–Crippen MR) is 61.2 cm³/mol. The maximum absolute atomic E-state index is 5.32. The summed E-state index contributed by atoms with van der Waals surface area (Å²) in [6.07, 6.45) is 0. The van der Waals surface area contributed by atoms with Gasteiger partial charge in [0.1, 0.15) is 0 Å². The molecule has 1 atom stereocenters. The Morgan fingerprint density at radius 1 is 1.25 bits per heavy atom. The summed E-state index contributed by atoms with van der Waals surface area (Å²) >= 11 is 0. The van der Waals surface area contributed by atoms with E-state index in [0.717, 1.165) is 37.9 Å². The minimum atomic E-state index is 0.224. The summed E-state index contributed by atoms with van der Waals surface area (Å²) in [6, 6.07) is 0.224. The van der Waals surface area contributed by atoms with Crippen LogP contribution in [-0.4, -0.2) is 41.2 Å². The molecule has 0 aliphatic carbocycles. The fraction of sp³-hybridized carbons (Fsp3) is 0.818. The van der Waals surface area contributed by atoms with Crippen molar-refractivity contribution < 1.29 is 4.52 Å². The highest BCUT2D eigenvalue weighted by Gasteiger charge is 2.23. The zero-order chi connectivity index (χ0) is 11.5. The third kappa shape index (κ3) is 2.41. The monoisotopic (exact) mass is 224 g/mol. The van der Waals surface area contributed by atoms with E-state index in [0.29, 0.717) is 5.92 Å². The number of rotatable bonds is 3. The topological polar surface area (TPSA) is 54.2 Å². The molecule has 1 aliphatic heterocycles. The lowest BCUT2D eigenvalue weighted by molar-refractivity contribution is 0.154. The maximum Gasteiger partial charge on any atom is 0.243 e. The van der Waals surface area contributed by atoms with E-state index in [1.165, 1.54) is 0 Å². The largest absolute Gasteiger partial charge is 0.338 e. The molecule has 0 saturated carbocycles. The van der Waals surface area contributed by atoms with Gasteiger partial charge in [0.2, 0.25) is 5.89 Å². The molecule has 0 bridgehead atoms. The molecule has 0 spiro atoms. The Labute approximate surface area is 96.2 Å². The van der Waals surface area contributed by atoms with Crippen LogP contribution in [0.1, 0.15) is 44.4 Å². The molecule has 2 rings (SSSR count). The summed E-state index contributed by atoms with van der Waals surface area (Å²) in [4.78, 5) is 6.81. The number of aromatic nitrogens is 2. The molecule has 1 aromatic rings. The van der Waals surface area contributed by atoms with Gasteiger partial charge in [0, 0.05) is 32.1 Å². The van der Waals surface area contributed by atoms with Crippen LogP contribution in [0.2, 0.25) is 0 Å². The zero-order valence-electron chi connectivity index (χ0n) is 10.2. The third-order valence-electron chi connectivity index (χ3n) is 3.03. The Kier molecular flexibility index (Phi) is 3.56. The van der Waals surface area contributed by atoms with Gasteiger partial charge in [-0.3, -0.25) is 4.90 Å². The van der Waals surface area contributed by atoms with Gasteiger partial charge >= 0.3 is 0 Å². The molecule has 0 amide bonds. The van der Waals surface area contributed by atoms with Crippen molar-refractivity contribution in [3.63, 3.8) is 0 Å². The molecular formula is C11H20N4O. The first kappa shape index (κ1) is 11.5. The summed E-state index contributed by atoms with van der Waals surface area (Å²) in [7, 11) is 0. The van der Waals surface area contributed by atoms with Crippen molar-refractivity contribution in [2.24, 2.45) is 0 Å². The normalized spacial score (nSPS) is 20.2. The molecule has 0 unspecified atom stereocenters. The second-order valence-electron chi connectivity index (χ2n) is 4.61. The molecule has 0 aromatic carbocycles. The number of hydrogen-bond acceptors (Lipinski definition) is 5. The van der Waals surface area contributed by atoms with Gasteiger partial charge in [-0.15, -0.1) is 0 Å². The standard InChI is InChI=1S/C11H20N4O/c1-8(2)10-13-11(16-14-10)9(3)15-6-4-12-5-7-15/h8-9,12H,4-7H2,1-3H3/t9-/m1/s1. The smallest absolute Gasteiger partial charge is 0.243 e. The van der Waals surface area contributed by atoms with Crippen molar-refractivity contribution >= 4 is 0 Å². The number of nitrogens with zero attached hydrogens (tertiary/aromatic N) is 3. The quantitative estimate of drug-likeness (QED) is 0.835. The number of piperazine rings is 1. The molecule has 5 nitrogen and oxygen atoms in total. The minimum absolute atomic E-state index is 0.224. The van der Waals surface area contributed by atoms with E-state index < -0.39 is 0 Å². The van der Waals surface area contributed by atoms with Crippen molar-refractivity contribution in [2.75, 3.05) is 26.2 Å². The van der Waals surface area contributed by atoms with Crippen LogP contribution < -0.4 is 5.32 Å². The molecule has 1 fully saturated rings. The van der Waals surface area contributed by atoms with E-state index in [1.54, 1.807) is 0 Å².